The van der Waals surface area contributed by atoms with E-state index in [1.54, 1.807) is 12.1 Å². The number of benzene rings is 1. The van der Waals surface area contributed by atoms with Crippen LogP contribution in [0.1, 0.15) is 18.4 Å². The third kappa shape index (κ3) is 3.10. The highest BCUT2D eigenvalue weighted by Gasteiger charge is 2.33. The maximum Gasteiger partial charge on any atom is 0.306 e. The van der Waals surface area contributed by atoms with E-state index >= 15 is 0 Å². The van der Waals surface area contributed by atoms with Gasteiger partial charge in [-0.05, 0) is 40.9 Å². The standard InChI is InChI=1S/C13H13BrN2O4S/c14-11-2-1-3-12(10(11)8-15)21(19,20)16-6-4-9(5-7-16)13(17)18/h1-3,9H,4-7H2,(H,17,18). The van der Waals surface area contributed by atoms with Crippen molar-refractivity contribution in [1.29, 1.82) is 5.26 Å². The molecule has 0 saturated carbocycles. The predicted molar refractivity (Wildman–Crippen MR) is 78.0 cm³/mol. The summed E-state index contributed by atoms with van der Waals surface area (Å²) in [5.74, 6) is -1.40. The number of sulfonamides is 1. The van der Waals surface area contributed by atoms with Gasteiger partial charge in [-0.15, -0.1) is 0 Å². The van der Waals surface area contributed by atoms with Crippen LogP contribution in [-0.2, 0) is 14.8 Å². The van der Waals surface area contributed by atoms with Crippen LogP contribution in [0, 0.1) is 17.2 Å². The van der Waals surface area contributed by atoms with Gasteiger partial charge in [-0.1, -0.05) is 6.07 Å². The zero-order chi connectivity index (χ0) is 15.6. The third-order valence-corrected chi connectivity index (χ3v) is 6.11. The first-order chi connectivity index (χ1) is 9.87. The lowest BCUT2D eigenvalue weighted by Crippen LogP contribution is -2.40. The highest BCUT2D eigenvalue weighted by Crippen LogP contribution is 2.29. The number of rotatable bonds is 3. The Kier molecular flexibility index (Phi) is 4.66. The van der Waals surface area contributed by atoms with Crippen LogP contribution in [0.4, 0.5) is 0 Å². The number of hydrogen-bond donors (Lipinski definition) is 1. The summed E-state index contributed by atoms with van der Waals surface area (Å²) in [6, 6.07) is 6.44. The van der Waals surface area contributed by atoms with Gasteiger partial charge in [0, 0.05) is 17.6 Å². The van der Waals surface area contributed by atoms with E-state index in [0.717, 1.165) is 0 Å². The molecule has 1 saturated heterocycles. The van der Waals surface area contributed by atoms with Crippen LogP contribution in [0.3, 0.4) is 0 Å². The maximum atomic E-state index is 12.6. The summed E-state index contributed by atoms with van der Waals surface area (Å²) < 4.78 is 26.9. The minimum absolute atomic E-state index is 0.0480. The van der Waals surface area contributed by atoms with Crippen molar-refractivity contribution in [2.24, 2.45) is 5.92 Å². The molecular formula is C13H13BrN2O4S. The molecule has 112 valence electrons. The van der Waals surface area contributed by atoms with E-state index in [9.17, 15) is 13.2 Å². The van der Waals surface area contributed by atoms with Gasteiger partial charge in [-0.2, -0.15) is 9.57 Å². The number of nitrogens with zero attached hydrogens (tertiary/aromatic N) is 2. The predicted octanol–water partition coefficient (Wildman–Crippen LogP) is 1.81. The highest BCUT2D eigenvalue weighted by atomic mass is 79.9. The molecule has 6 nitrogen and oxygen atoms in total. The Morgan fingerprint density at radius 2 is 2.00 bits per heavy atom. The van der Waals surface area contributed by atoms with Crippen molar-refractivity contribution in [3.63, 3.8) is 0 Å². The number of piperidine rings is 1. The van der Waals surface area contributed by atoms with E-state index in [0.29, 0.717) is 4.47 Å². The van der Waals surface area contributed by atoms with Gasteiger partial charge in [0.15, 0.2) is 0 Å². The molecule has 2 rings (SSSR count). The molecule has 0 aromatic heterocycles. The summed E-state index contributed by atoms with van der Waals surface area (Å²) in [6.07, 6.45) is 0.564. The summed E-state index contributed by atoms with van der Waals surface area (Å²) in [6.45, 7) is 0.299. The molecule has 1 N–H and O–H groups in total. The quantitative estimate of drug-likeness (QED) is 0.871. The summed E-state index contributed by atoms with van der Waals surface area (Å²) in [5.41, 5.74) is 0.0675. The molecule has 1 aliphatic rings. The second-order valence-corrected chi connectivity index (χ2v) is 7.50. The number of carboxylic acid groups (broad SMARTS) is 1. The highest BCUT2D eigenvalue weighted by molar-refractivity contribution is 9.10. The fourth-order valence-electron chi connectivity index (χ4n) is 2.31. The molecule has 0 aliphatic carbocycles. The Hall–Kier alpha value is -1.43. The topological polar surface area (TPSA) is 98.5 Å². The molecule has 1 heterocycles. The van der Waals surface area contributed by atoms with Crippen molar-refractivity contribution in [2.45, 2.75) is 17.7 Å². The lowest BCUT2D eigenvalue weighted by Gasteiger charge is -2.29. The molecule has 0 spiro atoms. The van der Waals surface area contributed by atoms with Gasteiger partial charge in [0.25, 0.3) is 0 Å². The van der Waals surface area contributed by atoms with Crippen LogP contribution in [0.5, 0.6) is 0 Å². The van der Waals surface area contributed by atoms with Gasteiger partial charge < -0.3 is 5.11 Å². The Morgan fingerprint density at radius 1 is 1.38 bits per heavy atom. The Morgan fingerprint density at radius 3 is 2.52 bits per heavy atom. The molecule has 1 aliphatic heterocycles. The molecule has 0 bridgehead atoms. The summed E-state index contributed by atoms with van der Waals surface area (Å²) in [5, 5.41) is 18.1. The van der Waals surface area contributed by atoms with Crippen molar-refractivity contribution in [3.8, 4) is 6.07 Å². The van der Waals surface area contributed by atoms with Gasteiger partial charge in [0.2, 0.25) is 10.0 Å². The van der Waals surface area contributed by atoms with E-state index in [1.807, 2.05) is 6.07 Å². The second kappa shape index (κ2) is 6.13. The van der Waals surface area contributed by atoms with Crippen LogP contribution < -0.4 is 0 Å². The minimum atomic E-state index is -3.79. The average molecular weight is 373 g/mol. The van der Waals surface area contributed by atoms with Crippen molar-refractivity contribution < 1.29 is 18.3 Å². The lowest BCUT2D eigenvalue weighted by atomic mass is 9.99. The first-order valence-electron chi connectivity index (χ1n) is 6.29. The largest absolute Gasteiger partial charge is 0.481 e. The van der Waals surface area contributed by atoms with E-state index in [1.165, 1.54) is 10.4 Å². The van der Waals surface area contributed by atoms with E-state index in [-0.39, 0.29) is 36.4 Å². The molecule has 1 aromatic carbocycles. The maximum absolute atomic E-state index is 12.6. The number of aliphatic carboxylic acids is 1. The van der Waals surface area contributed by atoms with Gasteiger partial charge in [-0.3, -0.25) is 4.79 Å². The Bertz CT molecular complexity index is 703. The first kappa shape index (κ1) is 15.9. The van der Waals surface area contributed by atoms with Crippen LogP contribution in [-0.4, -0.2) is 36.9 Å². The van der Waals surface area contributed by atoms with E-state index < -0.39 is 21.9 Å². The molecule has 0 radical (unpaired) electrons. The summed E-state index contributed by atoms with van der Waals surface area (Å²) in [7, 11) is -3.79. The molecule has 0 amide bonds. The lowest BCUT2D eigenvalue weighted by molar-refractivity contribution is -0.142. The van der Waals surface area contributed by atoms with Gasteiger partial charge in [0.05, 0.1) is 11.5 Å². The normalized spacial score (nSPS) is 17.3. The molecule has 1 fully saturated rings. The first-order valence-corrected chi connectivity index (χ1v) is 8.53. The molecule has 21 heavy (non-hydrogen) atoms. The Balaban J connectivity index is 2.31. The monoisotopic (exact) mass is 372 g/mol. The van der Waals surface area contributed by atoms with Gasteiger partial charge in [0.1, 0.15) is 11.0 Å². The fraction of sp³-hybridized carbons (Fsp3) is 0.385. The average Bonchev–Trinajstić information content (AvgIpc) is 2.47. The van der Waals surface area contributed by atoms with E-state index in [4.69, 9.17) is 10.4 Å². The Labute approximate surface area is 131 Å². The van der Waals surface area contributed by atoms with Crippen LogP contribution >= 0.6 is 15.9 Å². The van der Waals surface area contributed by atoms with Crippen LogP contribution in [0.15, 0.2) is 27.6 Å². The number of hydrogen-bond acceptors (Lipinski definition) is 4. The smallest absolute Gasteiger partial charge is 0.306 e. The number of carbonyl (C=O) groups is 1. The second-order valence-electron chi connectivity index (χ2n) is 4.74. The minimum Gasteiger partial charge on any atom is -0.481 e. The number of carboxylic acids is 1. The van der Waals surface area contributed by atoms with Crippen molar-refractivity contribution in [1.82, 2.24) is 4.31 Å². The van der Waals surface area contributed by atoms with Gasteiger partial charge >= 0.3 is 5.97 Å². The molecular weight excluding hydrogens is 360 g/mol. The number of halogens is 1. The fourth-order valence-corrected chi connectivity index (χ4v) is 4.53. The van der Waals surface area contributed by atoms with Crippen molar-refractivity contribution in [3.05, 3.63) is 28.2 Å². The van der Waals surface area contributed by atoms with Crippen LogP contribution in [0.25, 0.3) is 0 Å². The zero-order valence-corrected chi connectivity index (χ0v) is 13.4. The van der Waals surface area contributed by atoms with Crippen LogP contribution in [0.2, 0.25) is 0 Å². The summed E-state index contributed by atoms with van der Waals surface area (Å²) >= 11 is 3.17. The van der Waals surface area contributed by atoms with Crippen molar-refractivity contribution in [2.75, 3.05) is 13.1 Å². The SMILES string of the molecule is N#Cc1c(Br)cccc1S(=O)(=O)N1CCC(C(=O)O)CC1. The molecule has 1 aromatic rings. The third-order valence-electron chi connectivity index (χ3n) is 3.51. The summed E-state index contributed by atoms with van der Waals surface area (Å²) in [4.78, 5) is 10.9. The van der Waals surface area contributed by atoms with E-state index in [2.05, 4.69) is 15.9 Å². The molecule has 0 unspecified atom stereocenters. The zero-order valence-electron chi connectivity index (χ0n) is 11.0. The van der Waals surface area contributed by atoms with Crippen molar-refractivity contribution >= 4 is 31.9 Å². The number of nitriles is 1. The molecule has 0 atom stereocenters. The van der Waals surface area contributed by atoms with Gasteiger partial charge in [-0.25, -0.2) is 8.42 Å². The molecule has 8 heteroatoms.